The number of amides is 3. The van der Waals surface area contributed by atoms with Crippen LogP contribution in [0.15, 0.2) is 0 Å². The van der Waals surface area contributed by atoms with Gasteiger partial charge < -0.3 is 20.6 Å². The molecule has 3 amide bonds. The minimum Gasteiger partial charge on any atom is -0.481 e. The number of hydrogen-bond donors (Lipinski definition) is 3. The van der Waals surface area contributed by atoms with Gasteiger partial charge in [-0.25, -0.2) is 4.79 Å². The highest BCUT2D eigenvalue weighted by atomic mass is 16.4. The first kappa shape index (κ1) is 16.3. The Balaban J connectivity index is 2.45. The SMILES string of the molecule is CNC(=O)CNC(=O)N1CCCC(C(C)CC(=O)O)C1. The molecule has 2 unspecified atom stereocenters. The number of nitrogens with zero attached hydrogens (tertiary/aromatic N) is 1. The molecule has 1 saturated heterocycles. The zero-order valence-corrected chi connectivity index (χ0v) is 12.0. The van der Waals surface area contributed by atoms with E-state index in [1.165, 1.54) is 7.05 Å². The maximum Gasteiger partial charge on any atom is 0.317 e. The molecule has 114 valence electrons. The summed E-state index contributed by atoms with van der Waals surface area (Å²) in [5, 5.41) is 13.8. The molecule has 0 aromatic heterocycles. The van der Waals surface area contributed by atoms with E-state index in [1.807, 2.05) is 6.92 Å². The van der Waals surface area contributed by atoms with Gasteiger partial charge in [0.05, 0.1) is 6.54 Å². The van der Waals surface area contributed by atoms with Crippen LogP contribution in [0, 0.1) is 11.8 Å². The summed E-state index contributed by atoms with van der Waals surface area (Å²) in [6.45, 7) is 3.07. The number of nitrogens with one attached hydrogen (secondary N) is 2. The van der Waals surface area contributed by atoms with Gasteiger partial charge in [-0.2, -0.15) is 0 Å². The zero-order valence-electron chi connectivity index (χ0n) is 12.0. The lowest BCUT2D eigenvalue weighted by molar-refractivity contribution is -0.138. The Labute approximate surface area is 118 Å². The van der Waals surface area contributed by atoms with Gasteiger partial charge in [0.15, 0.2) is 0 Å². The van der Waals surface area contributed by atoms with Crippen LogP contribution in [0.3, 0.4) is 0 Å². The Hall–Kier alpha value is -1.79. The number of carboxylic acid groups (broad SMARTS) is 1. The smallest absolute Gasteiger partial charge is 0.317 e. The summed E-state index contributed by atoms with van der Waals surface area (Å²) in [5.74, 6) is -0.808. The second kappa shape index (κ2) is 7.72. The fourth-order valence-corrected chi connectivity index (χ4v) is 2.46. The molecule has 2 atom stereocenters. The first-order valence-electron chi connectivity index (χ1n) is 6.89. The van der Waals surface area contributed by atoms with Crippen LogP contribution in [0.25, 0.3) is 0 Å². The van der Waals surface area contributed by atoms with E-state index in [0.29, 0.717) is 13.1 Å². The van der Waals surface area contributed by atoms with Gasteiger partial charge in [-0.3, -0.25) is 9.59 Å². The van der Waals surface area contributed by atoms with E-state index in [2.05, 4.69) is 10.6 Å². The number of carbonyl (C=O) groups excluding carboxylic acids is 2. The monoisotopic (exact) mass is 285 g/mol. The number of aliphatic carboxylic acids is 1. The third-order valence-electron chi connectivity index (χ3n) is 3.73. The van der Waals surface area contributed by atoms with Crippen molar-refractivity contribution in [3.63, 3.8) is 0 Å². The molecule has 1 fully saturated rings. The average Bonchev–Trinajstić information content (AvgIpc) is 2.43. The molecule has 0 bridgehead atoms. The van der Waals surface area contributed by atoms with Crippen LogP contribution in [-0.2, 0) is 9.59 Å². The predicted octanol–water partition coefficient (Wildman–Crippen LogP) is 0.265. The molecule has 1 aliphatic heterocycles. The molecule has 20 heavy (non-hydrogen) atoms. The first-order valence-corrected chi connectivity index (χ1v) is 6.89. The largest absolute Gasteiger partial charge is 0.481 e. The van der Waals surface area contributed by atoms with Gasteiger partial charge >= 0.3 is 12.0 Å². The molecule has 0 aliphatic carbocycles. The molecule has 7 heteroatoms. The lowest BCUT2D eigenvalue weighted by Gasteiger charge is -2.35. The van der Waals surface area contributed by atoms with Gasteiger partial charge in [0.25, 0.3) is 0 Å². The van der Waals surface area contributed by atoms with E-state index in [0.717, 1.165) is 12.8 Å². The average molecular weight is 285 g/mol. The highest BCUT2D eigenvalue weighted by Gasteiger charge is 2.28. The summed E-state index contributed by atoms with van der Waals surface area (Å²) >= 11 is 0. The van der Waals surface area contributed by atoms with Gasteiger partial charge in [0, 0.05) is 26.6 Å². The van der Waals surface area contributed by atoms with E-state index in [1.54, 1.807) is 4.90 Å². The summed E-state index contributed by atoms with van der Waals surface area (Å²) in [4.78, 5) is 35.4. The summed E-state index contributed by atoms with van der Waals surface area (Å²) in [6, 6.07) is -0.263. The first-order chi connectivity index (χ1) is 9.43. The molecule has 7 nitrogen and oxygen atoms in total. The highest BCUT2D eigenvalue weighted by molar-refractivity contribution is 5.83. The standard InChI is InChI=1S/C13H23N3O4/c1-9(6-12(18)19)10-4-3-5-16(8-10)13(20)15-7-11(17)14-2/h9-10H,3-8H2,1-2H3,(H,14,17)(H,15,20)(H,18,19). The van der Waals surface area contributed by atoms with E-state index in [-0.39, 0.29) is 36.7 Å². The molecule has 0 aromatic carbocycles. The normalized spacial score (nSPS) is 20.1. The lowest BCUT2D eigenvalue weighted by Crippen LogP contribution is -2.48. The minimum atomic E-state index is -0.807. The van der Waals surface area contributed by atoms with Gasteiger partial charge in [-0.05, 0) is 24.7 Å². The van der Waals surface area contributed by atoms with Gasteiger partial charge in [-0.15, -0.1) is 0 Å². The number of carboxylic acids is 1. The molecule has 0 spiro atoms. The van der Waals surface area contributed by atoms with Crippen molar-refractivity contribution < 1.29 is 19.5 Å². The molecular formula is C13H23N3O4. The molecule has 0 aromatic rings. The number of carbonyl (C=O) groups is 3. The summed E-state index contributed by atoms with van der Waals surface area (Å²) in [5.41, 5.74) is 0. The molecule has 0 saturated carbocycles. The lowest BCUT2D eigenvalue weighted by atomic mass is 9.85. The zero-order chi connectivity index (χ0) is 15.1. The van der Waals surface area contributed by atoms with Crippen molar-refractivity contribution in [2.45, 2.75) is 26.2 Å². The van der Waals surface area contributed by atoms with Crippen molar-refractivity contribution in [1.82, 2.24) is 15.5 Å². The topological polar surface area (TPSA) is 98.7 Å². The van der Waals surface area contributed by atoms with Crippen LogP contribution in [0.4, 0.5) is 4.79 Å². The van der Waals surface area contributed by atoms with Crippen molar-refractivity contribution in [3.8, 4) is 0 Å². The Morgan fingerprint density at radius 2 is 2.10 bits per heavy atom. The van der Waals surface area contributed by atoms with Crippen LogP contribution < -0.4 is 10.6 Å². The van der Waals surface area contributed by atoms with Crippen LogP contribution >= 0.6 is 0 Å². The number of rotatable bonds is 5. The van der Waals surface area contributed by atoms with Crippen LogP contribution in [0.2, 0.25) is 0 Å². The molecule has 1 rings (SSSR count). The molecule has 3 N–H and O–H groups in total. The highest BCUT2D eigenvalue weighted by Crippen LogP contribution is 2.26. The number of likely N-dealkylation sites (tertiary alicyclic amines) is 1. The van der Waals surface area contributed by atoms with E-state index in [9.17, 15) is 14.4 Å². The Morgan fingerprint density at radius 1 is 1.40 bits per heavy atom. The molecule has 1 heterocycles. The number of urea groups is 1. The van der Waals surface area contributed by atoms with Crippen LogP contribution in [-0.4, -0.2) is 54.6 Å². The fraction of sp³-hybridized carbons (Fsp3) is 0.769. The van der Waals surface area contributed by atoms with E-state index in [4.69, 9.17) is 5.11 Å². The Kier molecular flexibility index (Phi) is 6.27. The van der Waals surface area contributed by atoms with Gasteiger partial charge in [-0.1, -0.05) is 6.92 Å². The van der Waals surface area contributed by atoms with Crippen molar-refractivity contribution in [3.05, 3.63) is 0 Å². The van der Waals surface area contributed by atoms with Crippen LogP contribution in [0.5, 0.6) is 0 Å². The summed E-state index contributed by atoms with van der Waals surface area (Å²) < 4.78 is 0. The summed E-state index contributed by atoms with van der Waals surface area (Å²) in [7, 11) is 1.51. The van der Waals surface area contributed by atoms with Crippen molar-refractivity contribution in [1.29, 1.82) is 0 Å². The van der Waals surface area contributed by atoms with Crippen LogP contribution in [0.1, 0.15) is 26.2 Å². The third-order valence-corrected chi connectivity index (χ3v) is 3.73. The van der Waals surface area contributed by atoms with Crippen molar-refractivity contribution in [2.75, 3.05) is 26.7 Å². The quantitative estimate of drug-likeness (QED) is 0.675. The summed E-state index contributed by atoms with van der Waals surface area (Å²) in [6.07, 6.45) is 1.92. The van der Waals surface area contributed by atoms with Gasteiger partial charge in [0.2, 0.25) is 5.91 Å². The fourth-order valence-electron chi connectivity index (χ4n) is 2.46. The second-order valence-corrected chi connectivity index (χ2v) is 5.26. The van der Waals surface area contributed by atoms with Crippen molar-refractivity contribution in [2.24, 2.45) is 11.8 Å². The Morgan fingerprint density at radius 3 is 2.70 bits per heavy atom. The van der Waals surface area contributed by atoms with E-state index >= 15 is 0 Å². The number of piperidine rings is 1. The number of likely N-dealkylation sites (N-methyl/N-ethyl adjacent to an activating group) is 1. The second-order valence-electron chi connectivity index (χ2n) is 5.26. The maximum absolute atomic E-state index is 11.9. The Bertz CT molecular complexity index is 373. The minimum absolute atomic E-state index is 0.0405. The predicted molar refractivity (Wildman–Crippen MR) is 73.2 cm³/mol. The molecular weight excluding hydrogens is 262 g/mol. The van der Waals surface area contributed by atoms with Crippen molar-refractivity contribution >= 4 is 17.9 Å². The molecule has 0 radical (unpaired) electrons. The maximum atomic E-state index is 11.9. The number of hydrogen-bond acceptors (Lipinski definition) is 3. The molecule has 1 aliphatic rings. The third kappa shape index (κ3) is 5.07. The van der Waals surface area contributed by atoms with E-state index < -0.39 is 5.97 Å². The van der Waals surface area contributed by atoms with Gasteiger partial charge in [0.1, 0.15) is 0 Å².